The number of nitrogens with two attached hydrogens (primary N) is 1. The maximum Gasteiger partial charge on any atom is 0.0366 e. The molecule has 0 aromatic heterocycles. The van der Waals surface area contributed by atoms with E-state index in [2.05, 4.69) is 43.0 Å². The summed E-state index contributed by atoms with van der Waals surface area (Å²) in [7, 11) is 0. The highest BCUT2D eigenvalue weighted by Gasteiger charge is 1.99. The quantitative estimate of drug-likeness (QED) is 0.798. The molecule has 2 heteroatoms. The summed E-state index contributed by atoms with van der Waals surface area (Å²) in [4.78, 5) is 2.33. The van der Waals surface area contributed by atoms with Crippen LogP contribution in [0, 0.1) is 0 Å². The molecule has 0 radical (unpaired) electrons. The summed E-state index contributed by atoms with van der Waals surface area (Å²) in [5.41, 5.74) is 7.89. The summed E-state index contributed by atoms with van der Waals surface area (Å²) in [5.74, 6) is 0. The first kappa shape index (κ1) is 11.8. The second-order valence-electron chi connectivity index (χ2n) is 3.40. The zero-order valence-corrected chi connectivity index (χ0v) is 9.61. The normalized spacial score (nSPS) is 10.9. The molecule has 0 atom stereocenters. The highest BCUT2D eigenvalue weighted by molar-refractivity contribution is 5.55. The summed E-state index contributed by atoms with van der Waals surface area (Å²) in [5, 5.41) is 0. The zero-order chi connectivity index (χ0) is 11.1. The van der Waals surface area contributed by atoms with Gasteiger partial charge in [-0.05, 0) is 31.5 Å². The Morgan fingerprint density at radius 2 is 1.73 bits per heavy atom. The van der Waals surface area contributed by atoms with Crippen molar-refractivity contribution >= 4 is 11.8 Å². The van der Waals surface area contributed by atoms with E-state index < -0.39 is 0 Å². The van der Waals surface area contributed by atoms with E-state index in [0.29, 0.717) is 6.54 Å². The standard InChI is InChI=1S/C13H20N2/c1-3-15(4-2)13-9-7-12(8-10-13)6-5-11-14/h5-10H,3-4,11,14H2,1-2H3/b6-5+. The van der Waals surface area contributed by atoms with Crippen molar-refractivity contribution in [3.63, 3.8) is 0 Å². The van der Waals surface area contributed by atoms with E-state index in [1.165, 1.54) is 11.3 Å². The molecule has 15 heavy (non-hydrogen) atoms. The number of hydrogen-bond donors (Lipinski definition) is 1. The van der Waals surface area contributed by atoms with E-state index >= 15 is 0 Å². The molecular formula is C13H20N2. The highest BCUT2D eigenvalue weighted by atomic mass is 15.1. The first-order valence-corrected chi connectivity index (χ1v) is 5.53. The van der Waals surface area contributed by atoms with Gasteiger partial charge in [0, 0.05) is 25.3 Å². The smallest absolute Gasteiger partial charge is 0.0366 e. The number of rotatable bonds is 5. The maximum atomic E-state index is 5.40. The van der Waals surface area contributed by atoms with Gasteiger partial charge in [-0.3, -0.25) is 0 Å². The zero-order valence-electron chi connectivity index (χ0n) is 9.61. The number of nitrogens with zero attached hydrogens (tertiary/aromatic N) is 1. The van der Waals surface area contributed by atoms with Crippen molar-refractivity contribution in [1.82, 2.24) is 0 Å². The van der Waals surface area contributed by atoms with Gasteiger partial charge < -0.3 is 10.6 Å². The largest absolute Gasteiger partial charge is 0.372 e. The first-order valence-electron chi connectivity index (χ1n) is 5.53. The topological polar surface area (TPSA) is 29.3 Å². The lowest BCUT2D eigenvalue weighted by Crippen LogP contribution is -2.21. The lowest BCUT2D eigenvalue weighted by Gasteiger charge is -2.20. The number of anilines is 1. The summed E-state index contributed by atoms with van der Waals surface area (Å²) in [6.45, 7) is 7.04. The molecule has 0 heterocycles. The minimum absolute atomic E-state index is 0.595. The van der Waals surface area contributed by atoms with E-state index in [0.717, 1.165) is 13.1 Å². The SMILES string of the molecule is CCN(CC)c1ccc(/C=C/CN)cc1. The van der Waals surface area contributed by atoms with Gasteiger partial charge >= 0.3 is 0 Å². The molecule has 0 fully saturated rings. The molecule has 0 aliphatic rings. The summed E-state index contributed by atoms with van der Waals surface area (Å²) in [6, 6.07) is 8.56. The Hall–Kier alpha value is -1.28. The molecular weight excluding hydrogens is 184 g/mol. The van der Waals surface area contributed by atoms with Gasteiger partial charge in [0.25, 0.3) is 0 Å². The van der Waals surface area contributed by atoms with Crippen LogP contribution in [-0.4, -0.2) is 19.6 Å². The van der Waals surface area contributed by atoms with Gasteiger partial charge in [0.05, 0.1) is 0 Å². The van der Waals surface area contributed by atoms with Crippen LogP contribution in [0.1, 0.15) is 19.4 Å². The Morgan fingerprint density at radius 3 is 2.20 bits per heavy atom. The van der Waals surface area contributed by atoms with Crippen molar-refractivity contribution in [1.29, 1.82) is 0 Å². The predicted molar refractivity (Wildman–Crippen MR) is 68.1 cm³/mol. The second-order valence-corrected chi connectivity index (χ2v) is 3.40. The molecule has 2 N–H and O–H groups in total. The van der Waals surface area contributed by atoms with Crippen LogP contribution in [0.3, 0.4) is 0 Å². The minimum Gasteiger partial charge on any atom is -0.372 e. The molecule has 1 aromatic carbocycles. The van der Waals surface area contributed by atoms with Crippen LogP contribution in [0.5, 0.6) is 0 Å². The van der Waals surface area contributed by atoms with Crippen LogP contribution in [0.4, 0.5) is 5.69 Å². The lowest BCUT2D eigenvalue weighted by molar-refractivity contribution is 0.866. The predicted octanol–water partition coefficient (Wildman–Crippen LogP) is 2.50. The van der Waals surface area contributed by atoms with E-state index in [1.807, 2.05) is 12.2 Å². The van der Waals surface area contributed by atoms with Crippen molar-refractivity contribution in [2.75, 3.05) is 24.5 Å². The Kier molecular flexibility index (Phi) is 4.91. The van der Waals surface area contributed by atoms with Crippen LogP contribution < -0.4 is 10.6 Å². The average molecular weight is 204 g/mol. The average Bonchev–Trinajstić information content (AvgIpc) is 2.29. The third-order valence-corrected chi connectivity index (χ3v) is 2.47. The summed E-state index contributed by atoms with van der Waals surface area (Å²) >= 11 is 0. The van der Waals surface area contributed by atoms with Crippen molar-refractivity contribution in [3.8, 4) is 0 Å². The van der Waals surface area contributed by atoms with E-state index in [4.69, 9.17) is 5.73 Å². The number of benzene rings is 1. The third-order valence-electron chi connectivity index (χ3n) is 2.47. The molecule has 82 valence electrons. The van der Waals surface area contributed by atoms with Crippen LogP contribution >= 0.6 is 0 Å². The van der Waals surface area contributed by atoms with Crippen molar-refractivity contribution in [2.24, 2.45) is 5.73 Å². The van der Waals surface area contributed by atoms with Gasteiger partial charge in [-0.15, -0.1) is 0 Å². The van der Waals surface area contributed by atoms with Crippen LogP contribution in [0.2, 0.25) is 0 Å². The fourth-order valence-electron chi connectivity index (χ4n) is 1.59. The molecule has 2 nitrogen and oxygen atoms in total. The van der Waals surface area contributed by atoms with E-state index in [1.54, 1.807) is 0 Å². The Labute approximate surface area is 92.4 Å². The summed E-state index contributed by atoms with van der Waals surface area (Å²) in [6.07, 6.45) is 4.01. The summed E-state index contributed by atoms with van der Waals surface area (Å²) < 4.78 is 0. The molecule has 0 aliphatic heterocycles. The molecule has 0 bridgehead atoms. The van der Waals surface area contributed by atoms with Crippen LogP contribution in [-0.2, 0) is 0 Å². The van der Waals surface area contributed by atoms with Gasteiger partial charge in [0.2, 0.25) is 0 Å². The first-order chi connectivity index (χ1) is 7.31. The monoisotopic (exact) mass is 204 g/mol. The molecule has 0 aliphatic carbocycles. The Bertz CT molecular complexity index is 297. The number of hydrogen-bond acceptors (Lipinski definition) is 2. The molecule has 0 amide bonds. The molecule has 0 spiro atoms. The van der Waals surface area contributed by atoms with Crippen LogP contribution in [0.25, 0.3) is 6.08 Å². The van der Waals surface area contributed by atoms with Gasteiger partial charge in [-0.1, -0.05) is 24.3 Å². The Balaban J connectivity index is 2.75. The second kappa shape index (κ2) is 6.25. The lowest BCUT2D eigenvalue weighted by atomic mass is 10.2. The minimum atomic E-state index is 0.595. The molecule has 1 aromatic rings. The molecule has 0 saturated carbocycles. The molecule has 0 saturated heterocycles. The molecule has 1 rings (SSSR count). The van der Waals surface area contributed by atoms with Crippen LogP contribution in [0.15, 0.2) is 30.3 Å². The van der Waals surface area contributed by atoms with Crippen molar-refractivity contribution in [2.45, 2.75) is 13.8 Å². The van der Waals surface area contributed by atoms with E-state index in [9.17, 15) is 0 Å². The van der Waals surface area contributed by atoms with Crippen molar-refractivity contribution < 1.29 is 0 Å². The Morgan fingerprint density at radius 1 is 1.13 bits per heavy atom. The van der Waals surface area contributed by atoms with Gasteiger partial charge in [-0.25, -0.2) is 0 Å². The van der Waals surface area contributed by atoms with Crippen molar-refractivity contribution in [3.05, 3.63) is 35.9 Å². The van der Waals surface area contributed by atoms with E-state index in [-0.39, 0.29) is 0 Å². The van der Waals surface area contributed by atoms with Gasteiger partial charge in [0.15, 0.2) is 0 Å². The van der Waals surface area contributed by atoms with Gasteiger partial charge in [-0.2, -0.15) is 0 Å². The van der Waals surface area contributed by atoms with Gasteiger partial charge in [0.1, 0.15) is 0 Å². The molecule has 0 unspecified atom stereocenters. The third kappa shape index (κ3) is 3.40. The fourth-order valence-corrected chi connectivity index (χ4v) is 1.59. The fraction of sp³-hybridized carbons (Fsp3) is 0.385. The maximum absolute atomic E-state index is 5.40. The highest BCUT2D eigenvalue weighted by Crippen LogP contribution is 2.15.